The van der Waals surface area contributed by atoms with Crippen molar-refractivity contribution in [2.45, 2.75) is 6.54 Å². The van der Waals surface area contributed by atoms with E-state index in [1.807, 2.05) is 24.3 Å². The zero-order valence-corrected chi connectivity index (χ0v) is 12.7. The first-order chi connectivity index (χ1) is 10.6. The molecule has 1 amide bonds. The van der Waals surface area contributed by atoms with Gasteiger partial charge in [-0.25, -0.2) is 4.39 Å². The van der Waals surface area contributed by atoms with Gasteiger partial charge in [-0.2, -0.15) is 0 Å². The molecule has 4 nitrogen and oxygen atoms in total. The van der Waals surface area contributed by atoms with Crippen LogP contribution in [0.2, 0.25) is 0 Å². The molecule has 0 aliphatic carbocycles. The van der Waals surface area contributed by atoms with Crippen LogP contribution in [0.3, 0.4) is 0 Å². The van der Waals surface area contributed by atoms with Crippen molar-refractivity contribution in [1.29, 1.82) is 0 Å². The highest BCUT2D eigenvalue weighted by atomic mass is 32.1. The van der Waals surface area contributed by atoms with Gasteiger partial charge in [0.25, 0.3) is 5.91 Å². The number of carbonyl (C=O) groups excluding carboxylic acids is 1. The normalized spacial score (nSPS) is 9.91. The summed E-state index contributed by atoms with van der Waals surface area (Å²) in [6, 6.07) is 13.2. The van der Waals surface area contributed by atoms with E-state index in [0.717, 1.165) is 11.3 Å². The Bertz CT molecular complexity index is 674. The summed E-state index contributed by atoms with van der Waals surface area (Å²) < 4.78 is 18.5. The zero-order chi connectivity index (χ0) is 15.9. The summed E-state index contributed by atoms with van der Waals surface area (Å²) in [5.74, 6) is -0.400. The Morgan fingerprint density at radius 1 is 1.18 bits per heavy atom. The fourth-order valence-corrected chi connectivity index (χ4v) is 1.95. The second kappa shape index (κ2) is 7.51. The minimum absolute atomic E-state index is 0.0453. The standard InChI is InChI=1S/C16H15FN2O2S/c1-21-12-8-6-11(7-9-12)10-18-16(22)19-15(20)13-4-2-3-5-14(13)17/h2-9H,10H2,1H3,(H2,18,19,20,22). The molecular formula is C16H15FN2O2S. The zero-order valence-electron chi connectivity index (χ0n) is 11.9. The predicted octanol–water partition coefficient (Wildman–Crippen LogP) is 2.64. The molecule has 0 fully saturated rings. The number of hydrogen-bond acceptors (Lipinski definition) is 3. The molecule has 0 heterocycles. The third-order valence-electron chi connectivity index (χ3n) is 2.96. The minimum Gasteiger partial charge on any atom is -0.497 e. The van der Waals surface area contributed by atoms with Gasteiger partial charge in [0.05, 0.1) is 12.7 Å². The molecule has 2 aromatic rings. The molecular weight excluding hydrogens is 303 g/mol. The third-order valence-corrected chi connectivity index (χ3v) is 3.20. The van der Waals surface area contributed by atoms with Crippen molar-refractivity contribution >= 4 is 23.2 Å². The third kappa shape index (κ3) is 4.26. The van der Waals surface area contributed by atoms with Crippen LogP contribution in [-0.4, -0.2) is 18.1 Å². The maximum atomic E-state index is 13.5. The van der Waals surface area contributed by atoms with Gasteiger partial charge in [-0.1, -0.05) is 24.3 Å². The molecule has 22 heavy (non-hydrogen) atoms. The van der Waals surface area contributed by atoms with Gasteiger partial charge >= 0.3 is 0 Å². The van der Waals surface area contributed by atoms with Gasteiger partial charge in [0.1, 0.15) is 11.6 Å². The lowest BCUT2D eigenvalue weighted by Gasteiger charge is -2.10. The largest absolute Gasteiger partial charge is 0.497 e. The number of thiocarbonyl (C=S) groups is 1. The average Bonchev–Trinajstić information content (AvgIpc) is 2.53. The fraction of sp³-hybridized carbons (Fsp3) is 0.125. The first kappa shape index (κ1) is 15.9. The van der Waals surface area contributed by atoms with Crippen LogP contribution in [0, 0.1) is 5.82 Å². The highest BCUT2D eigenvalue weighted by molar-refractivity contribution is 7.80. The van der Waals surface area contributed by atoms with Crippen molar-refractivity contribution < 1.29 is 13.9 Å². The molecule has 2 aromatic carbocycles. The summed E-state index contributed by atoms with van der Waals surface area (Å²) in [6.07, 6.45) is 0. The van der Waals surface area contributed by atoms with Crippen molar-refractivity contribution in [3.63, 3.8) is 0 Å². The number of carbonyl (C=O) groups is 1. The number of halogens is 1. The number of rotatable bonds is 4. The number of benzene rings is 2. The molecule has 0 unspecified atom stereocenters. The fourth-order valence-electron chi connectivity index (χ4n) is 1.79. The average molecular weight is 318 g/mol. The van der Waals surface area contributed by atoms with E-state index in [1.165, 1.54) is 18.2 Å². The van der Waals surface area contributed by atoms with E-state index in [4.69, 9.17) is 17.0 Å². The van der Waals surface area contributed by atoms with Gasteiger partial charge in [0.2, 0.25) is 0 Å². The first-order valence-corrected chi connectivity index (χ1v) is 6.97. The summed E-state index contributed by atoms with van der Waals surface area (Å²) in [4.78, 5) is 11.9. The van der Waals surface area contributed by atoms with E-state index in [9.17, 15) is 9.18 Å². The van der Waals surface area contributed by atoms with Crippen LogP contribution in [0.4, 0.5) is 4.39 Å². The Labute approximate surface area is 133 Å². The second-order valence-electron chi connectivity index (χ2n) is 4.46. The van der Waals surface area contributed by atoms with E-state index in [2.05, 4.69) is 10.6 Å². The summed E-state index contributed by atoms with van der Waals surface area (Å²) in [5.41, 5.74) is 0.930. The quantitative estimate of drug-likeness (QED) is 0.851. The van der Waals surface area contributed by atoms with E-state index in [0.29, 0.717) is 6.54 Å². The number of hydrogen-bond donors (Lipinski definition) is 2. The molecule has 0 aliphatic rings. The van der Waals surface area contributed by atoms with Crippen LogP contribution < -0.4 is 15.4 Å². The van der Waals surface area contributed by atoms with Gasteiger partial charge in [-0.05, 0) is 42.0 Å². The minimum atomic E-state index is -0.585. The predicted molar refractivity (Wildman–Crippen MR) is 86.3 cm³/mol. The van der Waals surface area contributed by atoms with Gasteiger partial charge < -0.3 is 10.1 Å². The highest BCUT2D eigenvalue weighted by Crippen LogP contribution is 2.11. The number of nitrogens with one attached hydrogen (secondary N) is 2. The van der Waals surface area contributed by atoms with E-state index in [1.54, 1.807) is 13.2 Å². The maximum absolute atomic E-state index is 13.5. The molecule has 2 rings (SSSR count). The smallest absolute Gasteiger partial charge is 0.260 e. The number of methoxy groups -OCH3 is 1. The van der Waals surface area contributed by atoms with Crippen molar-refractivity contribution in [1.82, 2.24) is 10.6 Å². The lowest BCUT2D eigenvalue weighted by molar-refractivity contribution is 0.0972. The van der Waals surface area contributed by atoms with E-state index in [-0.39, 0.29) is 10.7 Å². The Morgan fingerprint density at radius 2 is 1.86 bits per heavy atom. The summed E-state index contributed by atoms with van der Waals surface area (Å²) in [7, 11) is 1.60. The maximum Gasteiger partial charge on any atom is 0.260 e. The van der Waals surface area contributed by atoms with Crippen LogP contribution >= 0.6 is 12.2 Å². The van der Waals surface area contributed by atoms with Crippen molar-refractivity contribution in [3.05, 3.63) is 65.5 Å². The molecule has 114 valence electrons. The number of ether oxygens (including phenoxy) is 1. The van der Waals surface area contributed by atoms with Crippen molar-refractivity contribution in [2.24, 2.45) is 0 Å². The molecule has 0 bridgehead atoms. The van der Waals surface area contributed by atoms with Gasteiger partial charge in [-0.15, -0.1) is 0 Å². The Balaban J connectivity index is 1.87. The molecule has 0 saturated carbocycles. The summed E-state index contributed by atoms with van der Waals surface area (Å²) >= 11 is 5.03. The van der Waals surface area contributed by atoms with Gasteiger partial charge in [0, 0.05) is 6.54 Å². The number of amides is 1. The molecule has 2 N–H and O–H groups in total. The van der Waals surface area contributed by atoms with Gasteiger partial charge in [-0.3, -0.25) is 10.1 Å². The highest BCUT2D eigenvalue weighted by Gasteiger charge is 2.11. The Hall–Kier alpha value is -2.47. The molecule has 0 spiro atoms. The van der Waals surface area contributed by atoms with E-state index >= 15 is 0 Å². The second-order valence-corrected chi connectivity index (χ2v) is 4.87. The molecule has 0 aliphatic heterocycles. The van der Waals surface area contributed by atoms with Crippen LogP contribution in [-0.2, 0) is 6.54 Å². The van der Waals surface area contributed by atoms with Crippen molar-refractivity contribution in [2.75, 3.05) is 7.11 Å². The molecule has 0 aromatic heterocycles. The molecule has 0 atom stereocenters. The molecule has 0 saturated heterocycles. The lowest BCUT2D eigenvalue weighted by Crippen LogP contribution is -2.39. The van der Waals surface area contributed by atoms with Crippen LogP contribution in [0.1, 0.15) is 15.9 Å². The summed E-state index contributed by atoms with van der Waals surface area (Å²) in [6.45, 7) is 0.445. The molecule has 0 radical (unpaired) electrons. The van der Waals surface area contributed by atoms with Crippen LogP contribution in [0.15, 0.2) is 48.5 Å². The Kier molecular flexibility index (Phi) is 5.43. The first-order valence-electron chi connectivity index (χ1n) is 6.57. The van der Waals surface area contributed by atoms with Crippen LogP contribution in [0.5, 0.6) is 5.75 Å². The monoisotopic (exact) mass is 318 g/mol. The SMILES string of the molecule is COc1ccc(CNC(=S)NC(=O)c2ccccc2F)cc1. The lowest BCUT2D eigenvalue weighted by atomic mass is 10.2. The van der Waals surface area contributed by atoms with Crippen molar-refractivity contribution in [3.8, 4) is 5.75 Å². The molecule has 6 heteroatoms. The van der Waals surface area contributed by atoms with Crippen LogP contribution in [0.25, 0.3) is 0 Å². The van der Waals surface area contributed by atoms with E-state index < -0.39 is 11.7 Å². The summed E-state index contributed by atoms with van der Waals surface area (Å²) in [5, 5.41) is 5.48. The van der Waals surface area contributed by atoms with Gasteiger partial charge in [0.15, 0.2) is 5.11 Å². The Morgan fingerprint density at radius 3 is 2.50 bits per heavy atom. The topological polar surface area (TPSA) is 50.4 Å².